The summed E-state index contributed by atoms with van der Waals surface area (Å²) in [6.45, 7) is 27.6. The Bertz CT molecular complexity index is 4790. The van der Waals surface area contributed by atoms with Crippen molar-refractivity contribution in [2.45, 2.75) is 221 Å². The van der Waals surface area contributed by atoms with Gasteiger partial charge in [-0.05, 0) is 97.3 Å². The fourth-order valence-corrected chi connectivity index (χ4v) is 20.4. The number of methoxy groups -OCH3 is 2. The summed E-state index contributed by atoms with van der Waals surface area (Å²) in [7, 11) is 3.06. The van der Waals surface area contributed by atoms with Gasteiger partial charge in [0, 0.05) is 96.9 Å². The Balaban J connectivity index is 0.000000200. The maximum absolute atomic E-state index is 14.8. The van der Waals surface area contributed by atoms with Gasteiger partial charge in [-0.15, -0.1) is 35.8 Å². The van der Waals surface area contributed by atoms with Crippen molar-refractivity contribution in [2.75, 3.05) is 27.3 Å². The molecule has 115 heavy (non-hydrogen) atoms. The number of fused-ring (bicyclic) bond motifs is 6. The maximum atomic E-state index is 14.8. The number of ketones is 2. The molecular weight excluding hydrogens is 1550 g/mol. The summed E-state index contributed by atoms with van der Waals surface area (Å²) in [5.41, 5.74) is -0.573. The lowest BCUT2D eigenvalue weighted by Gasteiger charge is -2.35. The van der Waals surface area contributed by atoms with E-state index in [0.29, 0.717) is 115 Å². The Morgan fingerprint density at radius 3 is 1.34 bits per heavy atom. The van der Waals surface area contributed by atoms with E-state index in [4.69, 9.17) is 76.3 Å². The molecule has 0 spiro atoms. The van der Waals surface area contributed by atoms with Crippen molar-refractivity contribution in [3.8, 4) is 45.8 Å². The van der Waals surface area contributed by atoms with Gasteiger partial charge in [-0.25, -0.2) is 19.9 Å². The van der Waals surface area contributed by atoms with Gasteiger partial charge in [0.15, 0.2) is 11.6 Å². The largest absolute Gasteiger partial charge is 0.495 e. The number of hydrogen-bond donors (Lipinski definition) is 2. The number of amides is 2. The fourth-order valence-electron chi connectivity index (χ4n) is 17.9. The van der Waals surface area contributed by atoms with E-state index in [2.05, 4.69) is 53.0 Å². The van der Waals surface area contributed by atoms with Gasteiger partial charge < -0.3 is 53.2 Å². The number of rotatable bonds is 30. The summed E-state index contributed by atoms with van der Waals surface area (Å²) in [4.78, 5) is 133. The summed E-state index contributed by atoms with van der Waals surface area (Å²) in [5.74, 6) is -3.85. The van der Waals surface area contributed by atoms with Crippen molar-refractivity contribution in [1.82, 2.24) is 29.7 Å². The van der Waals surface area contributed by atoms with Gasteiger partial charge in [-0.1, -0.05) is 117 Å². The fraction of sp³-hybridized carbons (Fsp3) is 0.568. The van der Waals surface area contributed by atoms with E-state index < -0.39 is 81.7 Å². The Morgan fingerprint density at radius 2 is 0.983 bits per heavy atom. The third-order valence-corrected chi connectivity index (χ3v) is 27.0. The molecule has 4 aliphatic heterocycles. The predicted octanol–water partition coefficient (Wildman–Crippen LogP) is 16.5. The lowest BCUT2D eigenvalue weighted by atomic mass is 9.77. The number of benzene rings is 2. The van der Waals surface area contributed by atoms with Gasteiger partial charge in [0.25, 0.3) is 0 Å². The summed E-state index contributed by atoms with van der Waals surface area (Å²) >= 11 is 16.8. The summed E-state index contributed by atoms with van der Waals surface area (Å²) < 4.78 is 42.5. The van der Waals surface area contributed by atoms with E-state index in [1.807, 2.05) is 64.4 Å². The van der Waals surface area contributed by atoms with Crippen LogP contribution in [0, 0.1) is 69.0 Å². The first-order chi connectivity index (χ1) is 54.5. The molecule has 0 radical (unpaired) electrons. The second kappa shape index (κ2) is 33.9. The number of esters is 2. The average molecular weight is 1650 g/mol. The number of carboxylic acid groups (broad SMARTS) is 2. The Morgan fingerprint density at radius 1 is 0.574 bits per heavy atom. The van der Waals surface area contributed by atoms with Gasteiger partial charge in [-0.3, -0.25) is 38.4 Å². The first-order valence-corrected chi connectivity index (χ1v) is 42.7. The van der Waals surface area contributed by atoms with Crippen LogP contribution in [0.15, 0.2) is 84.6 Å². The monoisotopic (exact) mass is 1650 g/mol. The molecule has 8 aliphatic rings. The molecular formula is C88H106Cl2N6O17S2. The van der Waals surface area contributed by atoms with Crippen LogP contribution in [-0.4, -0.2) is 163 Å². The molecule has 2 N–H and O–H groups in total. The van der Waals surface area contributed by atoms with Crippen molar-refractivity contribution >= 4 is 115 Å². The molecule has 7 fully saturated rings. The molecule has 2 amide bonds. The van der Waals surface area contributed by atoms with Crippen LogP contribution in [0.3, 0.4) is 0 Å². The number of allylic oxidation sites excluding steroid dienone is 2. The van der Waals surface area contributed by atoms with Gasteiger partial charge >= 0.3 is 23.9 Å². The normalized spacial score (nSPS) is 27.0. The van der Waals surface area contributed by atoms with Gasteiger partial charge in [0.05, 0.1) is 131 Å². The van der Waals surface area contributed by atoms with E-state index in [0.717, 1.165) is 48.5 Å². The molecule has 23 nitrogen and oxygen atoms in total. The molecule has 2 aromatic carbocycles. The Labute approximate surface area is 689 Å². The molecule has 8 heterocycles. The number of nitrogens with zero attached hydrogens (tertiary/aromatic N) is 6. The van der Waals surface area contributed by atoms with Crippen LogP contribution in [0.5, 0.6) is 23.0 Å². The second-order valence-electron chi connectivity index (χ2n) is 35.7. The number of thiazole rings is 2. The zero-order valence-electron chi connectivity index (χ0n) is 67.6. The van der Waals surface area contributed by atoms with Gasteiger partial charge in [0.1, 0.15) is 57.5 Å². The van der Waals surface area contributed by atoms with Crippen LogP contribution in [-0.2, 0) is 65.4 Å². The molecule has 15 atom stereocenters. The van der Waals surface area contributed by atoms with E-state index >= 15 is 0 Å². The minimum absolute atomic E-state index is 0.0312. The molecule has 27 heteroatoms. The third kappa shape index (κ3) is 18.1. The third-order valence-electron chi connectivity index (χ3n) is 24.5. The minimum atomic E-state index is -1.27. The highest BCUT2D eigenvalue weighted by Gasteiger charge is 2.63. The lowest BCUT2D eigenvalue weighted by Crippen LogP contribution is -2.48. The molecule has 6 aromatic rings. The number of likely N-dealkylation sites (tertiary alicyclic amines) is 2. The molecule has 3 saturated carbocycles. The van der Waals surface area contributed by atoms with Crippen molar-refractivity contribution in [1.29, 1.82) is 0 Å². The van der Waals surface area contributed by atoms with E-state index in [9.17, 15) is 48.6 Å². The number of aromatic nitrogens is 4. The highest BCUT2D eigenvalue weighted by atomic mass is 35.5. The number of carboxylic acids is 2. The number of ether oxygens (including phenoxy) is 7. The van der Waals surface area contributed by atoms with Crippen LogP contribution in [0.1, 0.15) is 169 Å². The first kappa shape index (κ1) is 84.6. The number of aliphatic carboxylic acids is 2. The SMILES string of the molecule is C=CC1C[C@]1(CC(=O)[C@@H]1C[C@@H](Oc2cc(-c3csc(CC(C)C)n3)nc3c(Cl)c(OC)ccc23)CN1C(=O)[C@@H](CC(=O)OC1C2C=CC1CC2)C(C)(C)C)C(=O)O.C=CC1C[C@]1(CC(=O)[C@@H]1C[C@@H](Oc2cc(-c3csc(CC(C)C)n3)nc3c(Cl)c(OC)ccc23)CN1C(=O)[C@@H](CC(=O)OC1C[C@H]2CC[C@@H](C1)O2)C(C)(C)C)C(=O)O. The van der Waals surface area contributed by atoms with Crippen LogP contribution in [0.4, 0.5) is 0 Å². The smallest absolute Gasteiger partial charge is 0.310 e. The highest BCUT2D eigenvalue weighted by Crippen LogP contribution is 2.58. The second-order valence-corrected chi connectivity index (χ2v) is 38.4. The minimum Gasteiger partial charge on any atom is -0.495 e. The zero-order chi connectivity index (χ0) is 82.7. The Hall–Kier alpha value is -8.36. The van der Waals surface area contributed by atoms with Gasteiger partial charge in [0.2, 0.25) is 11.8 Å². The number of pyridine rings is 2. The van der Waals surface area contributed by atoms with Crippen molar-refractivity contribution < 1.29 is 81.7 Å². The molecule has 4 saturated heterocycles. The average Bonchev–Trinajstić information content (AvgIpc) is 1.58. The zero-order valence-corrected chi connectivity index (χ0v) is 70.7. The first-order valence-electron chi connectivity index (χ1n) is 40.2. The van der Waals surface area contributed by atoms with E-state index in [1.54, 1.807) is 59.1 Å². The van der Waals surface area contributed by atoms with Crippen LogP contribution >= 0.6 is 45.9 Å². The molecule has 5 unspecified atom stereocenters. The predicted molar refractivity (Wildman–Crippen MR) is 438 cm³/mol. The van der Waals surface area contributed by atoms with Crippen molar-refractivity contribution in [3.05, 3.63) is 105 Å². The summed E-state index contributed by atoms with van der Waals surface area (Å²) in [5, 5.41) is 28.1. The van der Waals surface area contributed by atoms with Gasteiger partial charge in [-0.2, -0.15) is 0 Å². The standard InChI is InChI=1S/C44H54ClN3O9S.C44H52ClN3O8S/c1-8-24-19-44(24,42(52)53)20-34(49)33-16-28(21-48(33)41(51)30(43(4,5)6)17-38(50)57-27-14-25-9-10-26(15-27)55-25)56-36-18-31(32-22-58-37(46-32)13-23(2)3)47-40-29(36)11-12-35(54-7)39(40)45;1-8-26-19-44(26,42(52)53)20-33(49)32-16-27(21-48(32)41(51)29(43(4,5)6)17-37(50)56-40-24-9-10-25(40)12-11-24)55-35-18-30(31-22-57-36(46-31)15-23(2)3)47-39-28(35)13-14-34(54-7)38(39)45/h8,11-12,18,22-28,30,33H,1,9-10,13-17,19-21H2,2-7H3,(H,52,53);8-10,13-14,18,22-27,29,32,40H,1,11-12,15-17,19-21H2,2-7H3,(H,52,53)/t24?,25-,26+,27?,28-,30-,33+,44-;24?,25?,26?,27-,29-,32+,40?,44-/m11/s1. The molecule has 4 aromatic heterocycles. The summed E-state index contributed by atoms with van der Waals surface area (Å²) in [6, 6.07) is 8.72. The number of halogens is 2. The van der Waals surface area contributed by atoms with E-state index in [1.165, 1.54) is 24.0 Å². The number of carbonyl (C=O) groups is 8. The molecule has 14 rings (SSSR count). The molecule has 4 aliphatic carbocycles. The topological polar surface area (TPSA) is 300 Å². The quantitative estimate of drug-likeness (QED) is 0.0313. The van der Waals surface area contributed by atoms with E-state index in [-0.39, 0.29) is 123 Å². The number of hydrogen-bond acceptors (Lipinski definition) is 21. The van der Waals surface area contributed by atoms with Crippen LogP contribution in [0.25, 0.3) is 44.6 Å². The number of carbonyl (C=O) groups excluding carboxylic acids is 6. The lowest BCUT2D eigenvalue weighted by molar-refractivity contribution is -0.162. The van der Waals surface area contributed by atoms with Crippen LogP contribution < -0.4 is 18.9 Å². The molecule has 4 bridgehead atoms. The number of Topliss-reactive ketones (excluding diaryl/α,β-unsaturated/α-hetero) is 2. The summed E-state index contributed by atoms with van der Waals surface area (Å²) in [6.07, 6.45) is 12.5. The van der Waals surface area contributed by atoms with Crippen molar-refractivity contribution in [2.24, 2.45) is 69.0 Å². The molecule has 616 valence electrons. The highest BCUT2D eigenvalue weighted by molar-refractivity contribution is 7.10. The van der Waals surface area contributed by atoms with Crippen LogP contribution in [0.2, 0.25) is 10.0 Å². The Kier molecular flexibility index (Phi) is 24.9. The maximum Gasteiger partial charge on any atom is 0.310 e. The van der Waals surface area contributed by atoms with Crippen molar-refractivity contribution in [3.63, 3.8) is 0 Å².